The zero-order valence-electron chi connectivity index (χ0n) is 13.4. The molecule has 5 nitrogen and oxygen atoms in total. The summed E-state index contributed by atoms with van der Waals surface area (Å²) in [4.78, 5) is 23.4. The molecule has 0 aromatic heterocycles. The van der Waals surface area contributed by atoms with Crippen molar-refractivity contribution in [2.75, 3.05) is 13.7 Å². The maximum Gasteiger partial charge on any atom is 0.331 e. The lowest BCUT2D eigenvalue weighted by Crippen LogP contribution is -2.38. The Morgan fingerprint density at radius 2 is 1.87 bits per heavy atom. The zero-order chi connectivity index (χ0) is 16.5. The Labute approximate surface area is 136 Å². The molecule has 0 heterocycles. The molecule has 1 aromatic carbocycles. The van der Waals surface area contributed by atoms with Crippen LogP contribution in [0.5, 0.6) is 5.75 Å². The second kappa shape index (κ2) is 8.98. The highest BCUT2D eigenvalue weighted by Gasteiger charge is 2.16. The fourth-order valence-corrected chi connectivity index (χ4v) is 2.58. The van der Waals surface area contributed by atoms with Gasteiger partial charge in [-0.25, -0.2) is 4.79 Å². The number of methoxy groups -OCH3 is 1. The van der Waals surface area contributed by atoms with Gasteiger partial charge in [-0.3, -0.25) is 4.79 Å². The molecule has 0 bridgehead atoms. The molecule has 1 saturated carbocycles. The summed E-state index contributed by atoms with van der Waals surface area (Å²) in [7, 11) is 1.60. The summed E-state index contributed by atoms with van der Waals surface area (Å²) < 4.78 is 10.0. The third kappa shape index (κ3) is 6.14. The predicted octanol–water partition coefficient (Wildman–Crippen LogP) is 2.70. The minimum Gasteiger partial charge on any atom is -0.497 e. The lowest BCUT2D eigenvalue weighted by Gasteiger charge is -2.22. The zero-order valence-corrected chi connectivity index (χ0v) is 13.4. The van der Waals surface area contributed by atoms with Crippen molar-refractivity contribution in [3.63, 3.8) is 0 Å². The molecule has 23 heavy (non-hydrogen) atoms. The van der Waals surface area contributed by atoms with Crippen molar-refractivity contribution in [2.45, 2.75) is 38.1 Å². The van der Waals surface area contributed by atoms with Crippen molar-refractivity contribution in [1.82, 2.24) is 5.32 Å². The second-order valence-electron chi connectivity index (χ2n) is 5.62. The fourth-order valence-electron chi connectivity index (χ4n) is 2.58. The molecule has 2 rings (SSSR count). The van der Waals surface area contributed by atoms with E-state index in [1.54, 1.807) is 13.2 Å². The predicted molar refractivity (Wildman–Crippen MR) is 88.0 cm³/mol. The summed E-state index contributed by atoms with van der Waals surface area (Å²) in [6.45, 7) is -0.234. The summed E-state index contributed by atoms with van der Waals surface area (Å²) in [5.74, 6) is -0.00757. The monoisotopic (exact) mass is 317 g/mol. The third-order valence-electron chi connectivity index (χ3n) is 3.84. The first-order valence-corrected chi connectivity index (χ1v) is 7.95. The van der Waals surface area contributed by atoms with Crippen LogP contribution < -0.4 is 10.1 Å². The number of carbonyl (C=O) groups excluding carboxylic acids is 2. The SMILES string of the molecule is COc1ccc(/C=C/C(=O)OCC(=O)NC2CCCCC2)cc1. The van der Waals surface area contributed by atoms with Crippen LogP contribution in [0.25, 0.3) is 6.08 Å². The lowest BCUT2D eigenvalue weighted by atomic mass is 9.95. The van der Waals surface area contributed by atoms with Crippen LogP contribution in [0.2, 0.25) is 0 Å². The molecule has 0 unspecified atom stereocenters. The van der Waals surface area contributed by atoms with Crippen molar-refractivity contribution in [3.05, 3.63) is 35.9 Å². The van der Waals surface area contributed by atoms with Crippen LogP contribution in [0, 0.1) is 0 Å². The average molecular weight is 317 g/mol. The highest BCUT2D eigenvalue weighted by molar-refractivity contribution is 5.89. The van der Waals surface area contributed by atoms with E-state index in [-0.39, 0.29) is 18.6 Å². The Kier molecular flexibility index (Phi) is 6.66. The van der Waals surface area contributed by atoms with Crippen LogP contribution in [0.3, 0.4) is 0 Å². The van der Waals surface area contributed by atoms with Crippen LogP contribution in [0.15, 0.2) is 30.3 Å². The van der Waals surface area contributed by atoms with E-state index in [9.17, 15) is 9.59 Å². The smallest absolute Gasteiger partial charge is 0.331 e. The normalized spacial score (nSPS) is 15.3. The van der Waals surface area contributed by atoms with Gasteiger partial charge in [0.05, 0.1) is 7.11 Å². The summed E-state index contributed by atoms with van der Waals surface area (Å²) in [6.07, 6.45) is 8.51. The number of ether oxygens (including phenoxy) is 2. The quantitative estimate of drug-likeness (QED) is 0.647. The van der Waals surface area contributed by atoms with Crippen molar-refractivity contribution in [2.24, 2.45) is 0 Å². The van der Waals surface area contributed by atoms with Crippen molar-refractivity contribution in [3.8, 4) is 5.75 Å². The molecule has 0 radical (unpaired) electrons. The van der Waals surface area contributed by atoms with Gasteiger partial charge in [0.25, 0.3) is 5.91 Å². The summed E-state index contributed by atoms with van der Waals surface area (Å²) in [5.41, 5.74) is 0.856. The van der Waals surface area contributed by atoms with Gasteiger partial charge in [0, 0.05) is 12.1 Å². The number of rotatable bonds is 6. The first-order chi connectivity index (χ1) is 11.2. The first-order valence-electron chi connectivity index (χ1n) is 7.95. The van der Waals surface area contributed by atoms with Gasteiger partial charge in [-0.1, -0.05) is 31.4 Å². The topological polar surface area (TPSA) is 64.6 Å². The van der Waals surface area contributed by atoms with Gasteiger partial charge in [-0.2, -0.15) is 0 Å². The van der Waals surface area contributed by atoms with Gasteiger partial charge in [0.1, 0.15) is 5.75 Å². The standard InChI is InChI=1S/C18H23NO4/c1-22-16-10-7-14(8-11-16)9-12-18(21)23-13-17(20)19-15-5-3-2-4-6-15/h7-12,15H,2-6,13H2,1H3,(H,19,20)/b12-9+. The van der Waals surface area contributed by atoms with Crippen molar-refractivity contribution in [1.29, 1.82) is 0 Å². The molecule has 1 aliphatic carbocycles. The van der Waals surface area contributed by atoms with Crippen molar-refractivity contribution < 1.29 is 19.1 Å². The van der Waals surface area contributed by atoms with Gasteiger partial charge in [-0.15, -0.1) is 0 Å². The number of nitrogens with one attached hydrogen (secondary N) is 1. The number of hydrogen-bond acceptors (Lipinski definition) is 4. The van der Waals surface area contributed by atoms with E-state index in [4.69, 9.17) is 9.47 Å². The minimum absolute atomic E-state index is 0.227. The summed E-state index contributed by atoms with van der Waals surface area (Å²) in [5, 5.41) is 2.91. The van der Waals surface area contributed by atoms with Crippen LogP contribution >= 0.6 is 0 Å². The molecule has 1 fully saturated rings. The number of esters is 1. The number of benzene rings is 1. The fraction of sp³-hybridized carbons (Fsp3) is 0.444. The largest absolute Gasteiger partial charge is 0.497 e. The summed E-state index contributed by atoms with van der Waals surface area (Å²) in [6, 6.07) is 7.51. The Hall–Kier alpha value is -2.30. The lowest BCUT2D eigenvalue weighted by molar-refractivity contribution is -0.144. The number of amides is 1. The van der Waals surface area contributed by atoms with Crippen LogP contribution in [0.4, 0.5) is 0 Å². The minimum atomic E-state index is -0.528. The molecule has 1 aliphatic rings. The molecule has 0 aliphatic heterocycles. The molecule has 0 saturated heterocycles. The molecule has 124 valence electrons. The van der Waals surface area contributed by atoms with Crippen LogP contribution in [0.1, 0.15) is 37.7 Å². The van der Waals surface area contributed by atoms with Gasteiger partial charge in [0.2, 0.25) is 0 Å². The summed E-state index contributed by atoms with van der Waals surface area (Å²) >= 11 is 0. The number of hydrogen-bond donors (Lipinski definition) is 1. The Balaban J connectivity index is 1.71. The molecule has 1 aromatic rings. The van der Waals surface area contributed by atoms with Gasteiger partial charge < -0.3 is 14.8 Å². The van der Waals surface area contributed by atoms with E-state index in [0.29, 0.717) is 0 Å². The third-order valence-corrected chi connectivity index (χ3v) is 3.84. The first kappa shape index (κ1) is 17.1. The Morgan fingerprint density at radius 3 is 2.52 bits per heavy atom. The molecular weight excluding hydrogens is 294 g/mol. The van der Waals surface area contributed by atoms with Crippen LogP contribution in [-0.2, 0) is 14.3 Å². The molecular formula is C18H23NO4. The van der Waals surface area contributed by atoms with E-state index >= 15 is 0 Å². The number of carbonyl (C=O) groups is 2. The van der Waals surface area contributed by atoms with E-state index < -0.39 is 5.97 Å². The molecule has 5 heteroatoms. The van der Waals surface area contributed by atoms with Gasteiger partial charge in [0.15, 0.2) is 6.61 Å². The molecule has 0 atom stereocenters. The van der Waals surface area contributed by atoms with E-state index in [0.717, 1.165) is 37.0 Å². The molecule has 1 N–H and O–H groups in total. The second-order valence-corrected chi connectivity index (χ2v) is 5.62. The van der Waals surface area contributed by atoms with E-state index in [1.165, 1.54) is 12.5 Å². The van der Waals surface area contributed by atoms with Gasteiger partial charge in [-0.05, 0) is 36.6 Å². The Morgan fingerprint density at radius 1 is 1.17 bits per heavy atom. The maximum absolute atomic E-state index is 11.7. The van der Waals surface area contributed by atoms with E-state index in [2.05, 4.69) is 5.32 Å². The van der Waals surface area contributed by atoms with Crippen LogP contribution in [-0.4, -0.2) is 31.6 Å². The Bertz CT molecular complexity index is 545. The molecule has 1 amide bonds. The van der Waals surface area contributed by atoms with E-state index in [1.807, 2.05) is 24.3 Å². The average Bonchev–Trinajstić information content (AvgIpc) is 2.59. The maximum atomic E-state index is 11.7. The van der Waals surface area contributed by atoms with Gasteiger partial charge >= 0.3 is 5.97 Å². The molecule has 0 spiro atoms. The highest BCUT2D eigenvalue weighted by atomic mass is 16.5. The highest BCUT2D eigenvalue weighted by Crippen LogP contribution is 2.17. The van der Waals surface area contributed by atoms with Crippen molar-refractivity contribution >= 4 is 18.0 Å².